The van der Waals surface area contributed by atoms with Crippen molar-refractivity contribution in [3.05, 3.63) is 93.3 Å². The van der Waals surface area contributed by atoms with E-state index in [-0.39, 0.29) is 17.5 Å². The number of nitrogens with one attached hydrogen (secondary N) is 1. The molecule has 38 heavy (non-hydrogen) atoms. The maximum absolute atomic E-state index is 13.2. The van der Waals surface area contributed by atoms with E-state index in [0.717, 1.165) is 5.69 Å². The number of rotatable bonds is 7. The maximum Gasteiger partial charge on any atom is 0.234 e. The van der Waals surface area contributed by atoms with Crippen LogP contribution in [0, 0.1) is 12.7 Å². The summed E-state index contributed by atoms with van der Waals surface area (Å²) in [5, 5.41) is 21.5. The van der Waals surface area contributed by atoms with Gasteiger partial charge in [-0.2, -0.15) is 0 Å². The lowest BCUT2D eigenvalue weighted by atomic mass is 10.2. The number of benzene rings is 3. The Hall–Kier alpha value is -3.44. The standard InChI is InChI=1S/C25H17Cl3FN7OS/c1-14-23(31-34-36(14)21-12-19(27)18(26)11-20(21)28)24-32-33-25(35(24)17-5-3-2-4-6-17)38-13-22(37)30-16-9-7-15(29)8-10-16/h2-12H,13H2,1H3,(H,30,37). The van der Waals surface area contributed by atoms with E-state index in [1.165, 1.54) is 36.0 Å². The predicted molar refractivity (Wildman–Crippen MR) is 147 cm³/mol. The highest BCUT2D eigenvalue weighted by atomic mass is 35.5. The highest BCUT2D eigenvalue weighted by Gasteiger charge is 2.23. The van der Waals surface area contributed by atoms with Crippen LogP contribution in [-0.2, 0) is 4.79 Å². The molecule has 0 fully saturated rings. The lowest BCUT2D eigenvalue weighted by molar-refractivity contribution is -0.113. The number of carbonyl (C=O) groups excluding carboxylic acids is 1. The van der Waals surface area contributed by atoms with Gasteiger partial charge in [0.2, 0.25) is 5.91 Å². The van der Waals surface area contributed by atoms with E-state index in [2.05, 4.69) is 25.8 Å². The quantitative estimate of drug-likeness (QED) is 0.169. The maximum atomic E-state index is 13.2. The van der Waals surface area contributed by atoms with Gasteiger partial charge in [-0.25, -0.2) is 9.07 Å². The number of para-hydroxylation sites is 1. The van der Waals surface area contributed by atoms with E-state index in [4.69, 9.17) is 34.8 Å². The van der Waals surface area contributed by atoms with Gasteiger partial charge >= 0.3 is 0 Å². The van der Waals surface area contributed by atoms with Crippen molar-refractivity contribution in [1.82, 2.24) is 29.8 Å². The van der Waals surface area contributed by atoms with Gasteiger partial charge in [0.25, 0.3) is 0 Å². The number of anilines is 1. The number of aromatic nitrogens is 6. The Morgan fingerprint density at radius 1 is 0.947 bits per heavy atom. The first-order valence-electron chi connectivity index (χ1n) is 11.1. The first-order chi connectivity index (χ1) is 18.3. The van der Waals surface area contributed by atoms with Crippen molar-refractivity contribution >= 4 is 58.2 Å². The number of hydrogen-bond donors (Lipinski definition) is 1. The fourth-order valence-corrected chi connectivity index (χ4v) is 5.00. The minimum absolute atomic E-state index is 0.0485. The normalized spacial score (nSPS) is 11.1. The Labute approximate surface area is 235 Å². The first kappa shape index (κ1) is 26.2. The molecule has 0 saturated heterocycles. The Bertz CT molecular complexity index is 1620. The van der Waals surface area contributed by atoms with Gasteiger partial charge in [0.1, 0.15) is 5.82 Å². The molecule has 0 bridgehead atoms. The molecule has 1 amide bonds. The third-order valence-corrected chi connectivity index (χ3v) is 7.39. The molecule has 0 unspecified atom stereocenters. The van der Waals surface area contributed by atoms with Gasteiger partial charge in [0, 0.05) is 11.4 Å². The summed E-state index contributed by atoms with van der Waals surface area (Å²) in [6, 6.07) is 18.1. The highest BCUT2D eigenvalue weighted by molar-refractivity contribution is 7.99. The van der Waals surface area contributed by atoms with Crippen molar-refractivity contribution in [2.45, 2.75) is 12.1 Å². The summed E-state index contributed by atoms with van der Waals surface area (Å²) < 4.78 is 16.5. The molecule has 0 aliphatic carbocycles. The lowest BCUT2D eigenvalue weighted by Gasteiger charge is -2.10. The Kier molecular flexibility index (Phi) is 7.66. The fourth-order valence-electron chi connectivity index (χ4n) is 3.63. The third-order valence-electron chi connectivity index (χ3n) is 5.43. The smallest absolute Gasteiger partial charge is 0.234 e. The second kappa shape index (κ2) is 11.1. The van der Waals surface area contributed by atoms with Crippen molar-refractivity contribution in [2.75, 3.05) is 11.1 Å². The van der Waals surface area contributed by atoms with Gasteiger partial charge in [-0.15, -0.1) is 15.3 Å². The molecule has 2 heterocycles. The molecule has 0 spiro atoms. The molecule has 2 aromatic heterocycles. The number of hydrogen-bond acceptors (Lipinski definition) is 6. The second-order valence-electron chi connectivity index (χ2n) is 7.97. The summed E-state index contributed by atoms with van der Waals surface area (Å²) in [5.41, 5.74) is 2.88. The monoisotopic (exact) mass is 587 g/mol. The van der Waals surface area contributed by atoms with Gasteiger partial charge in [-0.05, 0) is 55.5 Å². The summed E-state index contributed by atoms with van der Waals surface area (Å²) in [6.07, 6.45) is 0. The van der Waals surface area contributed by atoms with Crippen LogP contribution >= 0.6 is 46.6 Å². The fraction of sp³-hybridized carbons (Fsp3) is 0.0800. The van der Waals surface area contributed by atoms with Crippen LogP contribution in [0.5, 0.6) is 0 Å². The van der Waals surface area contributed by atoms with Gasteiger partial charge in [0.05, 0.1) is 32.2 Å². The van der Waals surface area contributed by atoms with Crippen molar-refractivity contribution < 1.29 is 9.18 Å². The molecule has 1 N–H and O–H groups in total. The highest BCUT2D eigenvalue weighted by Crippen LogP contribution is 2.34. The predicted octanol–water partition coefficient (Wildman–Crippen LogP) is 6.65. The average molecular weight is 589 g/mol. The molecule has 192 valence electrons. The lowest BCUT2D eigenvalue weighted by Crippen LogP contribution is -2.14. The summed E-state index contributed by atoms with van der Waals surface area (Å²) in [5.74, 6) is -0.179. The molecule has 0 saturated carbocycles. The van der Waals surface area contributed by atoms with E-state index < -0.39 is 0 Å². The molecule has 0 aliphatic heterocycles. The van der Waals surface area contributed by atoms with Crippen molar-refractivity contribution in [1.29, 1.82) is 0 Å². The van der Waals surface area contributed by atoms with Crippen LogP contribution in [0.2, 0.25) is 15.1 Å². The zero-order chi connectivity index (χ0) is 26.8. The van der Waals surface area contributed by atoms with Crippen molar-refractivity contribution in [3.8, 4) is 22.9 Å². The summed E-state index contributed by atoms with van der Waals surface area (Å²) >= 11 is 19.9. The average Bonchev–Trinajstić information content (AvgIpc) is 3.50. The summed E-state index contributed by atoms with van der Waals surface area (Å²) in [6.45, 7) is 1.82. The molecule has 5 rings (SSSR count). The van der Waals surface area contributed by atoms with Crippen LogP contribution in [0.25, 0.3) is 22.9 Å². The summed E-state index contributed by atoms with van der Waals surface area (Å²) in [4.78, 5) is 12.6. The molecule has 0 aliphatic rings. The summed E-state index contributed by atoms with van der Waals surface area (Å²) in [7, 11) is 0. The van der Waals surface area contributed by atoms with Gasteiger partial charge in [-0.3, -0.25) is 9.36 Å². The van der Waals surface area contributed by atoms with Crippen LogP contribution in [0.3, 0.4) is 0 Å². The van der Waals surface area contributed by atoms with Crippen LogP contribution in [0.15, 0.2) is 71.9 Å². The Morgan fingerprint density at radius 2 is 1.66 bits per heavy atom. The van der Waals surface area contributed by atoms with Gasteiger partial charge in [-0.1, -0.05) is 70.0 Å². The van der Waals surface area contributed by atoms with Crippen molar-refractivity contribution in [3.63, 3.8) is 0 Å². The molecular formula is C25H17Cl3FN7OS. The zero-order valence-electron chi connectivity index (χ0n) is 19.6. The number of amides is 1. The second-order valence-corrected chi connectivity index (χ2v) is 10.1. The Balaban J connectivity index is 1.47. The van der Waals surface area contributed by atoms with Gasteiger partial charge < -0.3 is 5.32 Å². The largest absolute Gasteiger partial charge is 0.325 e. The minimum atomic E-state index is -0.380. The molecular weight excluding hydrogens is 572 g/mol. The van der Waals surface area contributed by atoms with E-state index in [9.17, 15) is 9.18 Å². The zero-order valence-corrected chi connectivity index (χ0v) is 22.7. The topological polar surface area (TPSA) is 90.5 Å². The first-order valence-corrected chi connectivity index (χ1v) is 13.2. The van der Waals surface area contributed by atoms with Crippen LogP contribution in [0.1, 0.15) is 5.69 Å². The SMILES string of the molecule is Cc1c(-c2nnc(SCC(=O)Nc3ccc(F)cc3)n2-c2ccccc2)nnn1-c1cc(Cl)c(Cl)cc1Cl. The van der Waals surface area contributed by atoms with E-state index >= 15 is 0 Å². The Morgan fingerprint density at radius 3 is 2.39 bits per heavy atom. The number of thioether (sulfide) groups is 1. The molecule has 8 nitrogen and oxygen atoms in total. The van der Waals surface area contributed by atoms with E-state index in [1.54, 1.807) is 21.4 Å². The molecule has 5 aromatic rings. The van der Waals surface area contributed by atoms with Crippen LogP contribution < -0.4 is 5.32 Å². The van der Waals surface area contributed by atoms with E-state index in [1.807, 2.05) is 37.3 Å². The number of nitrogens with zero attached hydrogens (tertiary/aromatic N) is 6. The molecule has 3 aromatic carbocycles. The molecule has 13 heteroatoms. The third kappa shape index (κ3) is 5.39. The van der Waals surface area contributed by atoms with Crippen LogP contribution in [0.4, 0.5) is 10.1 Å². The molecule has 0 atom stereocenters. The number of halogens is 4. The molecule has 0 radical (unpaired) electrons. The van der Waals surface area contributed by atoms with Crippen molar-refractivity contribution in [2.24, 2.45) is 0 Å². The van der Waals surface area contributed by atoms with Gasteiger partial charge in [0.15, 0.2) is 16.7 Å². The number of carbonyl (C=O) groups is 1. The van der Waals surface area contributed by atoms with Crippen LogP contribution in [-0.4, -0.2) is 41.4 Å². The minimum Gasteiger partial charge on any atom is -0.325 e. The van der Waals surface area contributed by atoms with E-state index in [0.29, 0.717) is 48.8 Å².